The van der Waals surface area contributed by atoms with Gasteiger partial charge >= 0.3 is 5.97 Å². The molecule has 2 amide bonds. The van der Waals surface area contributed by atoms with E-state index >= 15 is 0 Å². The summed E-state index contributed by atoms with van der Waals surface area (Å²) in [6.07, 6.45) is 3.04. The summed E-state index contributed by atoms with van der Waals surface area (Å²) in [5.74, 6) is -1.42. The smallest absolute Gasteiger partial charge is 0.326 e. The van der Waals surface area contributed by atoms with Crippen LogP contribution in [0.4, 0.5) is 0 Å². The average molecular weight is 312 g/mol. The van der Waals surface area contributed by atoms with Crippen LogP contribution in [0.5, 0.6) is 0 Å². The quantitative estimate of drug-likeness (QED) is 0.561. The minimum absolute atomic E-state index is 0.102. The minimum atomic E-state index is -1.14. The van der Waals surface area contributed by atoms with Gasteiger partial charge in [0.05, 0.1) is 11.6 Å². The van der Waals surface area contributed by atoms with Crippen LogP contribution in [0.3, 0.4) is 0 Å². The monoisotopic (exact) mass is 312 g/mol. The summed E-state index contributed by atoms with van der Waals surface area (Å²) in [5, 5.41) is 14.0. The van der Waals surface area contributed by atoms with Crippen molar-refractivity contribution in [1.29, 1.82) is 0 Å². The number of thioether (sulfide) groups is 1. The minimum Gasteiger partial charge on any atom is -0.480 e. The second-order valence-corrected chi connectivity index (χ2v) is 6.09. The first-order valence-electron chi connectivity index (χ1n) is 6.39. The molecule has 2 heterocycles. The molecule has 2 unspecified atom stereocenters. The summed E-state index contributed by atoms with van der Waals surface area (Å²) in [4.78, 5) is 41.4. The predicted molar refractivity (Wildman–Crippen MR) is 75.7 cm³/mol. The number of amides is 2. The van der Waals surface area contributed by atoms with Crippen molar-refractivity contribution < 1.29 is 19.5 Å². The fourth-order valence-corrected chi connectivity index (χ4v) is 2.81. The Bertz CT molecular complexity index is 533. The van der Waals surface area contributed by atoms with E-state index < -0.39 is 24.0 Å². The lowest BCUT2D eigenvalue weighted by molar-refractivity contribution is -0.142. The maximum Gasteiger partial charge on any atom is 0.326 e. The van der Waals surface area contributed by atoms with Gasteiger partial charge < -0.3 is 20.7 Å². The molecule has 0 aromatic carbocycles. The number of nitrogens with zero attached hydrogens (tertiary/aromatic N) is 1. The third kappa shape index (κ3) is 3.97. The number of rotatable bonds is 5. The number of carbonyl (C=O) groups excluding carboxylic acids is 2. The molecule has 3 atom stereocenters. The van der Waals surface area contributed by atoms with E-state index in [0.717, 1.165) is 0 Å². The van der Waals surface area contributed by atoms with E-state index in [4.69, 9.17) is 0 Å². The molecule has 2 rings (SSSR count). The summed E-state index contributed by atoms with van der Waals surface area (Å²) in [6, 6.07) is -1.78. The number of hydrogen-bond donors (Lipinski definition) is 4. The molecule has 0 bridgehead atoms. The number of aromatic nitrogens is 2. The molecule has 1 aliphatic rings. The second-order valence-electron chi connectivity index (χ2n) is 4.72. The number of aliphatic carboxylic acids is 1. The Balaban J connectivity index is 1.95. The lowest BCUT2D eigenvalue weighted by Gasteiger charge is -2.27. The van der Waals surface area contributed by atoms with Crippen LogP contribution in [0, 0.1) is 0 Å². The van der Waals surface area contributed by atoms with Gasteiger partial charge in [-0.25, -0.2) is 9.78 Å². The lowest BCUT2D eigenvalue weighted by Crippen LogP contribution is -2.56. The van der Waals surface area contributed by atoms with Crippen molar-refractivity contribution in [3.63, 3.8) is 0 Å². The zero-order valence-corrected chi connectivity index (χ0v) is 12.1. The molecule has 1 aromatic heterocycles. The number of aromatic amines is 1. The number of nitrogens with one attached hydrogen (secondary N) is 3. The van der Waals surface area contributed by atoms with Crippen molar-refractivity contribution in [2.24, 2.45) is 0 Å². The lowest BCUT2D eigenvalue weighted by atomic mass is 10.1. The van der Waals surface area contributed by atoms with Crippen LogP contribution in [0.2, 0.25) is 0 Å². The summed E-state index contributed by atoms with van der Waals surface area (Å²) < 4.78 is 0. The number of hydrogen-bond acceptors (Lipinski definition) is 5. The first kappa shape index (κ1) is 15.4. The average Bonchev–Trinajstić information content (AvgIpc) is 2.93. The van der Waals surface area contributed by atoms with E-state index in [1.54, 1.807) is 6.92 Å². The highest BCUT2D eigenvalue weighted by Crippen LogP contribution is 2.17. The molecule has 9 heteroatoms. The summed E-state index contributed by atoms with van der Waals surface area (Å²) >= 11 is 1.37. The second kappa shape index (κ2) is 6.61. The van der Waals surface area contributed by atoms with Gasteiger partial charge in [-0.3, -0.25) is 9.59 Å². The highest BCUT2D eigenvalue weighted by atomic mass is 32.2. The Morgan fingerprint density at radius 1 is 1.62 bits per heavy atom. The molecule has 1 aromatic rings. The molecule has 0 spiro atoms. The molecular formula is C12H16N4O4S. The highest BCUT2D eigenvalue weighted by molar-refractivity contribution is 8.00. The van der Waals surface area contributed by atoms with Gasteiger partial charge in [-0.1, -0.05) is 0 Å². The molecule has 0 aliphatic carbocycles. The van der Waals surface area contributed by atoms with Gasteiger partial charge in [0.15, 0.2) is 0 Å². The third-order valence-corrected chi connectivity index (χ3v) is 4.35. The Morgan fingerprint density at radius 2 is 2.38 bits per heavy atom. The Hall–Kier alpha value is -2.03. The summed E-state index contributed by atoms with van der Waals surface area (Å²) in [7, 11) is 0. The van der Waals surface area contributed by atoms with E-state index in [1.807, 2.05) is 0 Å². The zero-order valence-electron chi connectivity index (χ0n) is 11.3. The van der Waals surface area contributed by atoms with Crippen LogP contribution in [-0.4, -0.2) is 55.9 Å². The number of imidazole rings is 1. The standard InChI is InChI=1S/C12H16N4O4S/c1-6-10(17)16-9(4-21-6)11(18)15-8(12(19)20)2-7-3-13-5-14-7/h3,5-6,8-9H,2,4H2,1H3,(H,13,14)(H,15,18)(H,16,17)(H,19,20)/t6?,8-,9?/m0/s1. The van der Waals surface area contributed by atoms with Gasteiger partial charge in [-0.05, 0) is 6.92 Å². The van der Waals surface area contributed by atoms with Crippen LogP contribution in [0.15, 0.2) is 12.5 Å². The van der Waals surface area contributed by atoms with Crippen molar-refractivity contribution in [1.82, 2.24) is 20.6 Å². The molecule has 1 saturated heterocycles. The van der Waals surface area contributed by atoms with Crippen LogP contribution in [0.1, 0.15) is 12.6 Å². The van der Waals surface area contributed by atoms with Crippen molar-refractivity contribution >= 4 is 29.5 Å². The fraction of sp³-hybridized carbons (Fsp3) is 0.500. The fourth-order valence-electron chi connectivity index (χ4n) is 1.88. The SMILES string of the molecule is CC1SCC(C(=O)N[C@@H](Cc2cnc[nH]2)C(=O)O)NC1=O. The van der Waals surface area contributed by atoms with Crippen molar-refractivity contribution in [3.05, 3.63) is 18.2 Å². The molecule has 114 valence electrons. The largest absolute Gasteiger partial charge is 0.480 e. The Morgan fingerprint density at radius 3 is 2.95 bits per heavy atom. The molecule has 0 radical (unpaired) electrons. The maximum absolute atomic E-state index is 12.1. The molecule has 0 saturated carbocycles. The summed E-state index contributed by atoms with van der Waals surface area (Å²) in [5.41, 5.74) is 0.610. The van der Waals surface area contributed by atoms with E-state index in [9.17, 15) is 19.5 Å². The van der Waals surface area contributed by atoms with Gasteiger partial charge in [0.1, 0.15) is 12.1 Å². The maximum atomic E-state index is 12.1. The van der Waals surface area contributed by atoms with Crippen LogP contribution >= 0.6 is 11.8 Å². The van der Waals surface area contributed by atoms with Gasteiger partial charge in [-0.15, -0.1) is 11.8 Å². The topological polar surface area (TPSA) is 124 Å². The highest BCUT2D eigenvalue weighted by Gasteiger charge is 2.32. The number of carbonyl (C=O) groups is 3. The molecule has 4 N–H and O–H groups in total. The Kier molecular flexibility index (Phi) is 4.84. The first-order valence-corrected chi connectivity index (χ1v) is 7.44. The number of H-pyrrole nitrogens is 1. The summed E-state index contributed by atoms with van der Waals surface area (Å²) in [6.45, 7) is 1.76. The number of carboxylic acid groups (broad SMARTS) is 1. The van der Waals surface area contributed by atoms with Gasteiger partial charge in [0.25, 0.3) is 0 Å². The van der Waals surface area contributed by atoms with Crippen LogP contribution in [-0.2, 0) is 20.8 Å². The van der Waals surface area contributed by atoms with Crippen molar-refractivity contribution in [2.45, 2.75) is 30.7 Å². The first-order chi connectivity index (χ1) is 9.97. The van der Waals surface area contributed by atoms with Gasteiger partial charge in [-0.2, -0.15) is 0 Å². The molecule has 8 nitrogen and oxygen atoms in total. The molecular weight excluding hydrogens is 296 g/mol. The van der Waals surface area contributed by atoms with Crippen LogP contribution in [0.25, 0.3) is 0 Å². The molecule has 1 fully saturated rings. The van der Waals surface area contributed by atoms with E-state index in [2.05, 4.69) is 20.6 Å². The van der Waals surface area contributed by atoms with E-state index in [-0.39, 0.29) is 17.6 Å². The molecule has 21 heavy (non-hydrogen) atoms. The van der Waals surface area contributed by atoms with Crippen LogP contribution < -0.4 is 10.6 Å². The number of carboxylic acids is 1. The van der Waals surface area contributed by atoms with Gasteiger partial charge in [0, 0.05) is 24.1 Å². The van der Waals surface area contributed by atoms with Crippen molar-refractivity contribution in [3.8, 4) is 0 Å². The van der Waals surface area contributed by atoms with Gasteiger partial charge in [0.2, 0.25) is 11.8 Å². The zero-order chi connectivity index (χ0) is 15.4. The normalized spacial score (nSPS) is 23.2. The van der Waals surface area contributed by atoms with E-state index in [0.29, 0.717) is 11.4 Å². The predicted octanol–water partition coefficient (Wildman–Crippen LogP) is -0.858. The van der Waals surface area contributed by atoms with Crippen molar-refractivity contribution in [2.75, 3.05) is 5.75 Å². The van der Waals surface area contributed by atoms with E-state index in [1.165, 1.54) is 24.3 Å². The third-order valence-electron chi connectivity index (χ3n) is 3.11. The Labute approximate surface area is 125 Å². The molecule has 1 aliphatic heterocycles.